The summed E-state index contributed by atoms with van der Waals surface area (Å²) in [5.41, 5.74) is 2.09. The van der Waals surface area contributed by atoms with Crippen LogP contribution in [-0.4, -0.2) is 23.0 Å². The second-order valence-corrected chi connectivity index (χ2v) is 5.53. The van der Waals surface area contributed by atoms with E-state index < -0.39 is 11.9 Å². The van der Waals surface area contributed by atoms with Crippen LogP contribution < -0.4 is 5.32 Å². The molecular weight excluding hydrogens is 266 g/mol. The minimum absolute atomic E-state index is 0.226. The van der Waals surface area contributed by atoms with Gasteiger partial charge in [-0.25, -0.2) is 0 Å². The van der Waals surface area contributed by atoms with Gasteiger partial charge in [-0.3, -0.25) is 9.59 Å². The van der Waals surface area contributed by atoms with E-state index in [1.807, 2.05) is 31.2 Å². The third-order valence-electron chi connectivity index (χ3n) is 4.01. The van der Waals surface area contributed by atoms with Crippen LogP contribution in [0.2, 0.25) is 0 Å². The van der Waals surface area contributed by atoms with Crippen LogP contribution in [0.3, 0.4) is 0 Å². The smallest absolute Gasteiger partial charge is 0.308 e. The number of benzene rings is 1. The van der Waals surface area contributed by atoms with Gasteiger partial charge in [-0.05, 0) is 37.0 Å². The van der Waals surface area contributed by atoms with Crippen LogP contribution in [0.15, 0.2) is 30.3 Å². The van der Waals surface area contributed by atoms with Crippen LogP contribution in [0.1, 0.15) is 36.8 Å². The minimum Gasteiger partial charge on any atom is -0.481 e. The molecule has 4 heteroatoms. The van der Waals surface area contributed by atoms with Crippen LogP contribution in [0, 0.1) is 12.8 Å². The van der Waals surface area contributed by atoms with Gasteiger partial charge in [-0.15, -0.1) is 0 Å². The molecule has 1 saturated carbocycles. The highest BCUT2D eigenvalue weighted by Crippen LogP contribution is 2.24. The SMILES string of the molecule is Cc1ccccc1C=CC(=O)NC1CCCCC1C(=O)O. The Kier molecular flexibility index (Phi) is 5.14. The van der Waals surface area contributed by atoms with Crippen LogP contribution in [0.25, 0.3) is 6.08 Å². The molecule has 1 fully saturated rings. The Morgan fingerprint density at radius 2 is 1.95 bits per heavy atom. The van der Waals surface area contributed by atoms with E-state index in [0.29, 0.717) is 6.42 Å². The van der Waals surface area contributed by atoms with E-state index in [4.69, 9.17) is 0 Å². The first-order valence-electron chi connectivity index (χ1n) is 7.35. The summed E-state index contributed by atoms with van der Waals surface area (Å²) in [6.45, 7) is 1.99. The van der Waals surface area contributed by atoms with Crippen molar-refractivity contribution in [3.63, 3.8) is 0 Å². The Balaban J connectivity index is 1.97. The van der Waals surface area contributed by atoms with Gasteiger partial charge in [0.15, 0.2) is 0 Å². The number of carboxylic acids is 1. The maximum atomic E-state index is 12.0. The molecule has 4 nitrogen and oxygen atoms in total. The summed E-state index contributed by atoms with van der Waals surface area (Å²) in [5, 5.41) is 12.0. The summed E-state index contributed by atoms with van der Waals surface area (Å²) in [6.07, 6.45) is 6.51. The largest absolute Gasteiger partial charge is 0.481 e. The summed E-state index contributed by atoms with van der Waals surface area (Å²) in [6, 6.07) is 7.54. The van der Waals surface area contributed by atoms with Gasteiger partial charge < -0.3 is 10.4 Å². The first kappa shape index (κ1) is 15.3. The second kappa shape index (κ2) is 7.07. The molecule has 0 aliphatic heterocycles. The van der Waals surface area contributed by atoms with Gasteiger partial charge in [0.2, 0.25) is 5.91 Å². The van der Waals surface area contributed by atoms with E-state index in [-0.39, 0.29) is 11.9 Å². The first-order chi connectivity index (χ1) is 10.1. The fourth-order valence-corrected chi connectivity index (χ4v) is 2.77. The number of aryl methyl sites for hydroxylation is 1. The number of nitrogens with one attached hydrogen (secondary N) is 1. The zero-order chi connectivity index (χ0) is 15.2. The summed E-state index contributed by atoms with van der Waals surface area (Å²) >= 11 is 0. The summed E-state index contributed by atoms with van der Waals surface area (Å²) in [5.74, 6) is -1.51. The van der Waals surface area contributed by atoms with E-state index in [2.05, 4.69) is 5.32 Å². The molecule has 2 unspecified atom stereocenters. The molecule has 112 valence electrons. The lowest BCUT2D eigenvalue weighted by Gasteiger charge is -2.28. The molecule has 0 bridgehead atoms. The average Bonchev–Trinajstić information content (AvgIpc) is 2.47. The van der Waals surface area contributed by atoms with Crippen molar-refractivity contribution in [3.8, 4) is 0 Å². The van der Waals surface area contributed by atoms with Crippen molar-refractivity contribution in [1.82, 2.24) is 5.32 Å². The van der Waals surface area contributed by atoms with Gasteiger partial charge in [0, 0.05) is 12.1 Å². The highest BCUT2D eigenvalue weighted by Gasteiger charge is 2.31. The predicted molar refractivity (Wildman–Crippen MR) is 81.7 cm³/mol. The van der Waals surface area contributed by atoms with Crippen molar-refractivity contribution < 1.29 is 14.7 Å². The van der Waals surface area contributed by atoms with Crippen LogP contribution >= 0.6 is 0 Å². The molecule has 2 atom stereocenters. The standard InChI is InChI=1S/C17H21NO3/c1-12-6-2-3-7-13(12)10-11-16(19)18-15-9-5-4-8-14(15)17(20)21/h2-3,6-7,10-11,14-15H,4-5,8-9H2,1H3,(H,18,19)(H,20,21). The molecular formula is C17H21NO3. The number of hydrogen-bond acceptors (Lipinski definition) is 2. The monoisotopic (exact) mass is 287 g/mol. The Labute approximate surface area is 124 Å². The highest BCUT2D eigenvalue weighted by atomic mass is 16.4. The van der Waals surface area contributed by atoms with E-state index in [0.717, 1.165) is 30.4 Å². The molecule has 0 heterocycles. The van der Waals surface area contributed by atoms with E-state index in [1.165, 1.54) is 6.08 Å². The lowest BCUT2D eigenvalue weighted by Crippen LogP contribution is -2.44. The highest BCUT2D eigenvalue weighted by molar-refractivity contribution is 5.92. The number of carbonyl (C=O) groups excluding carboxylic acids is 1. The molecule has 2 rings (SSSR count). The molecule has 0 saturated heterocycles. The van der Waals surface area contributed by atoms with E-state index in [9.17, 15) is 14.7 Å². The average molecular weight is 287 g/mol. The van der Waals surface area contributed by atoms with Crippen LogP contribution in [0.4, 0.5) is 0 Å². The number of hydrogen-bond donors (Lipinski definition) is 2. The summed E-state index contributed by atoms with van der Waals surface area (Å²) in [4.78, 5) is 23.2. The van der Waals surface area contributed by atoms with Crippen molar-refractivity contribution in [3.05, 3.63) is 41.5 Å². The van der Waals surface area contributed by atoms with Gasteiger partial charge in [-0.1, -0.05) is 37.1 Å². The number of amides is 1. The van der Waals surface area contributed by atoms with Crippen molar-refractivity contribution in [1.29, 1.82) is 0 Å². The molecule has 0 spiro atoms. The lowest BCUT2D eigenvalue weighted by molar-refractivity contribution is -0.144. The Morgan fingerprint density at radius 1 is 1.24 bits per heavy atom. The van der Waals surface area contributed by atoms with Gasteiger partial charge in [0.05, 0.1) is 5.92 Å². The van der Waals surface area contributed by atoms with Gasteiger partial charge in [-0.2, -0.15) is 0 Å². The quantitative estimate of drug-likeness (QED) is 0.837. The number of aliphatic carboxylic acids is 1. The molecule has 1 aliphatic rings. The topological polar surface area (TPSA) is 66.4 Å². The molecule has 1 aromatic carbocycles. The maximum absolute atomic E-state index is 12.0. The molecule has 1 amide bonds. The summed E-state index contributed by atoms with van der Waals surface area (Å²) < 4.78 is 0. The second-order valence-electron chi connectivity index (χ2n) is 5.53. The number of rotatable bonds is 4. The zero-order valence-corrected chi connectivity index (χ0v) is 12.2. The third-order valence-corrected chi connectivity index (χ3v) is 4.01. The number of carboxylic acid groups (broad SMARTS) is 1. The summed E-state index contributed by atoms with van der Waals surface area (Å²) in [7, 11) is 0. The third kappa shape index (κ3) is 4.18. The molecule has 0 radical (unpaired) electrons. The van der Waals surface area contributed by atoms with Gasteiger partial charge >= 0.3 is 5.97 Å². The lowest BCUT2D eigenvalue weighted by atomic mass is 9.84. The Bertz CT molecular complexity index is 551. The number of carbonyl (C=O) groups is 2. The first-order valence-corrected chi connectivity index (χ1v) is 7.35. The van der Waals surface area contributed by atoms with Crippen LogP contribution in [-0.2, 0) is 9.59 Å². The fraction of sp³-hybridized carbons (Fsp3) is 0.412. The van der Waals surface area contributed by atoms with Gasteiger partial charge in [0.25, 0.3) is 0 Å². The van der Waals surface area contributed by atoms with Crippen molar-refractivity contribution >= 4 is 18.0 Å². The molecule has 0 aromatic heterocycles. The van der Waals surface area contributed by atoms with Gasteiger partial charge in [0.1, 0.15) is 0 Å². The van der Waals surface area contributed by atoms with Crippen molar-refractivity contribution in [2.45, 2.75) is 38.6 Å². The molecule has 1 aromatic rings. The maximum Gasteiger partial charge on any atom is 0.308 e. The zero-order valence-electron chi connectivity index (χ0n) is 12.2. The normalized spacial score (nSPS) is 22.1. The minimum atomic E-state index is -0.817. The van der Waals surface area contributed by atoms with E-state index in [1.54, 1.807) is 6.08 Å². The molecule has 21 heavy (non-hydrogen) atoms. The van der Waals surface area contributed by atoms with Crippen molar-refractivity contribution in [2.24, 2.45) is 5.92 Å². The van der Waals surface area contributed by atoms with Crippen molar-refractivity contribution in [2.75, 3.05) is 0 Å². The predicted octanol–water partition coefficient (Wildman–Crippen LogP) is 2.77. The Morgan fingerprint density at radius 3 is 2.67 bits per heavy atom. The van der Waals surface area contributed by atoms with E-state index >= 15 is 0 Å². The fourth-order valence-electron chi connectivity index (χ4n) is 2.77. The molecule has 2 N–H and O–H groups in total. The Hall–Kier alpha value is -2.10. The van der Waals surface area contributed by atoms with Crippen LogP contribution in [0.5, 0.6) is 0 Å². The molecule has 1 aliphatic carbocycles.